The summed E-state index contributed by atoms with van der Waals surface area (Å²) in [6, 6.07) is 7.88. The third-order valence-electron chi connectivity index (χ3n) is 5.72. The zero-order valence-electron chi connectivity index (χ0n) is 18.3. The van der Waals surface area contributed by atoms with E-state index < -0.39 is 17.8 Å². The van der Waals surface area contributed by atoms with Crippen LogP contribution in [0.1, 0.15) is 38.4 Å². The summed E-state index contributed by atoms with van der Waals surface area (Å²) < 4.78 is 22.5. The Hall–Kier alpha value is -3.21. The van der Waals surface area contributed by atoms with Crippen LogP contribution in [-0.2, 0) is 11.2 Å². The number of hydrogen-bond acceptors (Lipinski definition) is 6. The lowest BCUT2D eigenvalue weighted by atomic mass is 9.95. The Morgan fingerprint density at radius 1 is 1.26 bits per heavy atom. The summed E-state index contributed by atoms with van der Waals surface area (Å²) >= 11 is 13.6. The molecular formula is C23H18Cl2FN5O3S. The Kier molecular flexibility index (Phi) is 6.12. The van der Waals surface area contributed by atoms with Crippen LogP contribution in [0, 0.1) is 12.7 Å². The Morgan fingerprint density at radius 3 is 2.77 bits per heavy atom. The maximum atomic E-state index is 15.1. The molecule has 2 aromatic heterocycles. The van der Waals surface area contributed by atoms with Crippen LogP contribution in [0.3, 0.4) is 0 Å². The third kappa shape index (κ3) is 4.33. The normalized spacial score (nSPS) is 15.3. The molecule has 2 N–H and O–H groups in total. The molecular weight excluding hydrogens is 516 g/mol. The first-order chi connectivity index (χ1) is 16.7. The summed E-state index contributed by atoms with van der Waals surface area (Å²) in [6.45, 7) is 1.81. The molecule has 0 radical (unpaired) electrons. The first-order valence-electron chi connectivity index (χ1n) is 10.5. The van der Waals surface area contributed by atoms with Crippen molar-refractivity contribution in [3.63, 3.8) is 0 Å². The van der Waals surface area contributed by atoms with Gasteiger partial charge in [-0.1, -0.05) is 40.6 Å². The Morgan fingerprint density at radius 2 is 2.06 bits per heavy atom. The van der Waals surface area contributed by atoms with Crippen LogP contribution >= 0.6 is 34.5 Å². The van der Waals surface area contributed by atoms with Crippen LogP contribution in [0.15, 0.2) is 36.4 Å². The second kappa shape index (κ2) is 9.10. The summed E-state index contributed by atoms with van der Waals surface area (Å²) in [4.78, 5) is 31.6. The Balaban J connectivity index is 1.50. The lowest BCUT2D eigenvalue weighted by Gasteiger charge is -2.35. The van der Waals surface area contributed by atoms with Crippen molar-refractivity contribution in [2.75, 3.05) is 13.2 Å². The molecule has 8 nitrogen and oxygen atoms in total. The number of carbonyl (C=O) groups is 2. The molecule has 0 spiro atoms. The fraction of sp³-hybridized carbons (Fsp3) is 0.217. The van der Waals surface area contributed by atoms with Crippen LogP contribution in [-0.4, -0.2) is 44.5 Å². The number of aromatic nitrogens is 3. The number of primary amides is 1. The number of hydrogen-bond donors (Lipinski definition) is 1. The predicted molar refractivity (Wildman–Crippen MR) is 130 cm³/mol. The summed E-state index contributed by atoms with van der Waals surface area (Å²) in [7, 11) is 0. The number of rotatable bonds is 5. The van der Waals surface area contributed by atoms with Gasteiger partial charge in [0.2, 0.25) is 10.9 Å². The van der Waals surface area contributed by atoms with E-state index in [2.05, 4.69) is 10.1 Å². The Bertz CT molecular complexity index is 1490. The molecule has 1 aliphatic heterocycles. The zero-order chi connectivity index (χ0) is 24.9. The van der Waals surface area contributed by atoms with Crippen LogP contribution in [0.5, 0.6) is 5.75 Å². The highest BCUT2D eigenvalue weighted by Gasteiger charge is 2.38. The third-order valence-corrected chi connectivity index (χ3v) is 7.07. The minimum Gasteiger partial charge on any atom is -0.482 e. The summed E-state index contributed by atoms with van der Waals surface area (Å²) in [5.74, 6) is -1.33. The molecule has 4 aromatic rings. The molecule has 35 heavy (non-hydrogen) atoms. The van der Waals surface area contributed by atoms with Gasteiger partial charge >= 0.3 is 0 Å². The van der Waals surface area contributed by atoms with E-state index in [0.29, 0.717) is 23.6 Å². The van der Waals surface area contributed by atoms with Gasteiger partial charge in [-0.3, -0.25) is 9.59 Å². The van der Waals surface area contributed by atoms with E-state index in [4.69, 9.17) is 33.7 Å². The monoisotopic (exact) mass is 533 g/mol. The quantitative estimate of drug-likeness (QED) is 0.414. The van der Waals surface area contributed by atoms with Crippen molar-refractivity contribution in [3.8, 4) is 5.75 Å². The molecule has 1 aliphatic rings. The topological polar surface area (TPSA) is 103 Å². The van der Waals surface area contributed by atoms with Gasteiger partial charge in [-0.25, -0.2) is 13.9 Å². The summed E-state index contributed by atoms with van der Waals surface area (Å²) in [6.07, 6.45) is 0.482. The number of nitrogens with two attached hydrogens (primary N) is 1. The van der Waals surface area contributed by atoms with Gasteiger partial charge in [0.25, 0.3) is 5.91 Å². The summed E-state index contributed by atoms with van der Waals surface area (Å²) in [5.41, 5.74) is 7.16. The van der Waals surface area contributed by atoms with Gasteiger partial charge in [0, 0.05) is 29.1 Å². The van der Waals surface area contributed by atoms with Crippen LogP contribution < -0.4 is 10.5 Å². The second-order valence-electron chi connectivity index (χ2n) is 7.96. The minimum atomic E-state index is -0.781. The van der Waals surface area contributed by atoms with Crippen molar-refractivity contribution in [1.29, 1.82) is 0 Å². The SMILES string of the molecule is Cc1nn2c3c(nc2s1)CCN(C(=O)COc1ccc(C(N)=O)cc1Cl)C3c1ccc(Cl)cc1F. The number of carbonyl (C=O) groups excluding carboxylic acids is 2. The van der Waals surface area contributed by atoms with Crippen LogP contribution in [0.25, 0.3) is 4.96 Å². The van der Waals surface area contributed by atoms with Gasteiger partial charge in [-0.05, 0) is 37.3 Å². The lowest BCUT2D eigenvalue weighted by Crippen LogP contribution is -2.43. The average molecular weight is 534 g/mol. The number of imidazole rings is 1. The highest BCUT2D eigenvalue weighted by Crippen LogP contribution is 2.38. The number of aryl methyl sites for hydroxylation is 1. The second-order valence-corrected chi connectivity index (χ2v) is 9.97. The molecule has 1 unspecified atom stereocenters. The highest BCUT2D eigenvalue weighted by atomic mass is 35.5. The first-order valence-corrected chi connectivity index (χ1v) is 12.1. The number of amides is 2. The number of nitrogens with zero attached hydrogens (tertiary/aromatic N) is 4. The average Bonchev–Trinajstić information content (AvgIpc) is 3.33. The van der Waals surface area contributed by atoms with Crippen molar-refractivity contribution in [2.45, 2.75) is 19.4 Å². The maximum absolute atomic E-state index is 15.1. The van der Waals surface area contributed by atoms with E-state index in [9.17, 15) is 9.59 Å². The maximum Gasteiger partial charge on any atom is 0.261 e. The fourth-order valence-electron chi connectivity index (χ4n) is 4.16. The minimum absolute atomic E-state index is 0.144. The van der Waals surface area contributed by atoms with E-state index in [1.54, 1.807) is 21.5 Å². The molecule has 1 atom stereocenters. The lowest BCUT2D eigenvalue weighted by molar-refractivity contribution is -0.135. The van der Waals surface area contributed by atoms with Crippen molar-refractivity contribution in [3.05, 3.63) is 79.8 Å². The predicted octanol–water partition coefficient (Wildman–Crippen LogP) is 4.20. The molecule has 3 heterocycles. The van der Waals surface area contributed by atoms with Gasteiger partial charge in [0.1, 0.15) is 22.6 Å². The zero-order valence-corrected chi connectivity index (χ0v) is 20.6. The van der Waals surface area contributed by atoms with E-state index in [1.165, 1.54) is 35.6 Å². The molecule has 2 amide bonds. The van der Waals surface area contributed by atoms with Gasteiger partial charge < -0.3 is 15.4 Å². The van der Waals surface area contributed by atoms with Crippen molar-refractivity contribution >= 4 is 51.3 Å². The number of halogens is 3. The largest absolute Gasteiger partial charge is 0.482 e. The van der Waals surface area contributed by atoms with E-state index in [0.717, 1.165) is 10.7 Å². The number of ether oxygens (including phenoxy) is 1. The molecule has 2 aromatic carbocycles. The standard InChI is InChI=1S/C23H18Cl2FN5O3S/c1-11-29-31-21-17(28-23(31)35-11)6-7-30(20(21)14-4-3-13(24)9-16(14)26)19(32)10-34-18-5-2-12(22(27)33)8-15(18)25/h2-5,8-9,20H,6-7,10H2,1H3,(H2,27,33). The van der Waals surface area contributed by atoms with Gasteiger partial charge in [0.05, 0.1) is 16.4 Å². The van der Waals surface area contributed by atoms with E-state index in [-0.39, 0.29) is 39.4 Å². The van der Waals surface area contributed by atoms with Gasteiger partial charge in [0.15, 0.2) is 6.61 Å². The smallest absolute Gasteiger partial charge is 0.261 e. The van der Waals surface area contributed by atoms with Crippen molar-refractivity contribution in [2.24, 2.45) is 5.73 Å². The number of fused-ring (bicyclic) bond motifs is 3. The molecule has 0 bridgehead atoms. The molecule has 12 heteroatoms. The molecule has 180 valence electrons. The van der Waals surface area contributed by atoms with E-state index in [1.807, 2.05) is 6.92 Å². The first kappa shape index (κ1) is 23.5. The van der Waals surface area contributed by atoms with Crippen LogP contribution in [0.4, 0.5) is 4.39 Å². The Labute approximate surface area is 213 Å². The fourth-order valence-corrected chi connectivity index (χ4v) is 5.32. The molecule has 0 fully saturated rings. The van der Waals surface area contributed by atoms with Gasteiger partial charge in [-0.2, -0.15) is 5.10 Å². The molecule has 5 rings (SSSR count). The summed E-state index contributed by atoms with van der Waals surface area (Å²) in [5, 5.41) is 5.72. The van der Waals surface area contributed by atoms with Gasteiger partial charge in [-0.15, -0.1) is 0 Å². The highest BCUT2D eigenvalue weighted by molar-refractivity contribution is 7.16. The van der Waals surface area contributed by atoms with E-state index >= 15 is 4.39 Å². The molecule has 0 aliphatic carbocycles. The molecule has 0 saturated carbocycles. The van der Waals surface area contributed by atoms with Crippen molar-refractivity contribution < 1.29 is 18.7 Å². The van der Waals surface area contributed by atoms with Crippen molar-refractivity contribution in [1.82, 2.24) is 19.5 Å². The van der Waals surface area contributed by atoms with Crippen LogP contribution in [0.2, 0.25) is 10.0 Å². The molecule has 0 saturated heterocycles. The number of benzene rings is 2.